The largest absolute Gasteiger partial charge is 0.469 e. The molecule has 2 saturated heterocycles. The smallest absolute Gasteiger partial charge is 0.310 e. The fourth-order valence-electron chi connectivity index (χ4n) is 4.50. The number of nitrogens with zero attached hydrogens (tertiary/aromatic N) is 1. The fourth-order valence-corrected chi connectivity index (χ4v) is 4.50. The van der Waals surface area contributed by atoms with Crippen molar-refractivity contribution in [3.8, 4) is 11.5 Å². The first-order valence-corrected chi connectivity index (χ1v) is 9.12. The molecule has 2 fully saturated rings. The number of esters is 3. The fraction of sp³-hybridized carbons (Fsp3) is 0.550. The minimum absolute atomic E-state index is 0.0492. The number of carbonyl (C=O) groups excluding carboxylic acids is 3. The van der Waals surface area contributed by atoms with Crippen molar-refractivity contribution in [2.75, 3.05) is 14.2 Å². The molecule has 4 atom stereocenters. The number of rotatable bonds is 4. The van der Waals surface area contributed by atoms with E-state index in [9.17, 15) is 14.4 Å². The number of carbonyl (C=O) groups is 3. The van der Waals surface area contributed by atoms with Crippen LogP contribution in [-0.4, -0.2) is 49.0 Å². The van der Waals surface area contributed by atoms with Crippen LogP contribution in [0.4, 0.5) is 0 Å². The Morgan fingerprint density at radius 1 is 1.04 bits per heavy atom. The van der Waals surface area contributed by atoms with E-state index in [0.717, 1.165) is 24.8 Å². The Kier molecular flexibility index (Phi) is 5.51. The zero-order valence-corrected chi connectivity index (χ0v) is 16.1. The van der Waals surface area contributed by atoms with Crippen LogP contribution >= 0.6 is 0 Å². The highest BCUT2D eigenvalue weighted by atomic mass is 16.6. The molecule has 0 saturated carbocycles. The van der Waals surface area contributed by atoms with Gasteiger partial charge >= 0.3 is 17.9 Å². The quantitative estimate of drug-likeness (QED) is 0.590. The SMILES string of the molecule is COC(=O)C1C(c2ccc(OC(C)=O)c(OC(C)=O)c2)CC2CCC1N2C. The van der Waals surface area contributed by atoms with E-state index in [-0.39, 0.29) is 35.3 Å². The van der Waals surface area contributed by atoms with Gasteiger partial charge in [0, 0.05) is 31.8 Å². The van der Waals surface area contributed by atoms with E-state index in [1.54, 1.807) is 12.1 Å². The molecule has 2 bridgehead atoms. The topological polar surface area (TPSA) is 82.1 Å². The molecule has 1 aromatic rings. The van der Waals surface area contributed by atoms with E-state index in [4.69, 9.17) is 14.2 Å². The highest BCUT2D eigenvalue weighted by Crippen LogP contribution is 2.47. The lowest BCUT2D eigenvalue weighted by Crippen LogP contribution is -2.49. The molecule has 27 heavy (non-hydrogen) atoms. The number of piperidine rings is 1. The highest BCUT2D eigenvalue weighted by molar-refractivity contribution is 5.76. The van der Waals surface area contributed by atoms with Crippen LogP contribution in [0, 0.1) is 5.92 Å². The minimum atomic E-state index is -0.506. The number of methoxy groups -OCH3 is 1. The van der Waals surface area contributed by atoms with Crippen molar-refractivity contribution in [3.05, 3.63) is 23.8 Å². The van der Waals surface area contributed by atoms with E-state index in [2.05, 4.69) is 11.9 Å². The van der Waals surface area contributed by atoms with Crippen molar-refractivity contribution in [1.82, 2.24) is 4.90 Å². The molecule has 7 nitrogen and oxygen atoms in total. The van der Waals surface area contributed by atoms with Gasteiger partial charge in [0.15, 0.2) is 11.5 Å². The predicted molar refractivity (Wildman–Crippen MR) is 96.5 cm³/mol. The summed E-state index contributed by atoms with van der Waals surface area (Å²) in [6, 6.07) is 5.68. The van der Waals surface area contributed by atoms with Gasteiger partial charge in [0.1, 0.15) is 0 Å². The van der Waals surface area contributed by atoms with E-state index in [1.807, 2.05) is 6.07 Å². The maximum absolute atomic E-state index is 12.6. The van der Waals surface area contributed by atoms with Gasteiger partial charge in [-0.05, 0) is 44.0 Å². The van der Waals surface area contributed by atoms with Crippen LogP contribution in [0.5, 0.6) is 11.5 Å². The van der Waals surface area contributed by atoms with Crippen molar-refractivity contribution in [3.63, 3.8) is 0 Å². The molecule has 7 heteroatoms. The third kappa shape index (κ3) is 3.83. The molecule has 0 aliphatic carbocycles. The molecule has 2 aliphatic rings. The second-order valence-corrected chi connectivity index (χ2v) is 7.25. The maximum atomic E-state index is 12.6. The summed E-state index contributed by atoms with van der Waals surface area (Å²) in [4.78, 5) is 37.6. The van der Waals surface area contributed by atoms with Crippen LogP contribution in [0.25, 0.3) is 0 Å². The monoisotopic (exact) mass is 375 g/mol. The Labute approximate surface area is 158 Å². The summed E-state index contributed by atoms with van der Waals surface area (Å²) in [6.45, 7) is 2.57. The van der Waals surface area contributed by atoms with E-state index in [0.29, 0.717) is 6.04 Å². The summed E-state index contributed by atoms with van der Waals surface area (Å²) >= 11 is 0. The molecular weight excluding hydrogens is 350 g/mol. The summed E-state index contributed by atoms with van der Waals surface area (Å²) in [5, 5.41) is 0. The number of hydrogen-bond donors (Lipinski definition) is 0. The summed E-state index contributed by atoms with van der Waals surface area (Å²) < 4.78 is 15.5. The first-order valence-electron chi connectivity index (χ1n) is 9.12. The number of benzene rings is 1. The third-order valence-electron chi connectivity index (χ3n) is 5.65. The standard InChI is InChI=1S/C20H25NO6/c1-11(22)26-17-8-5-13(9-18(17)27-12(2)23)15-10-14-6-7-16(21(14)3)19(15)20(24)25-4/h5,8-9,14-16,19H,6-7,10H2,1-4H3. The molecule has 2 aliphatic heterocycles. The van der Waals surface area contributed by atoms with Crippen molar-refractivity contribution < 1.29 is 28.6 Å². The van der Waals surface area contributed by atoms with Crippen LogP contribution in [0.3, 0.4) is 0 Å². The summed E-state index contributed by atoms with van der Waals surface area (Å²) in [7, 11) is 3.47. The van der Waals surface area contributed by atoms with Crippen molar-refractivity contribution in [2.45, 2.75) is 51.1 Å². The molecule has 0 radical (unpaired) electrons. The van der Waals surface area contributed by atoms with Crippen LogP contribution in [0.1, 0.15) is 44.6 Å². The van der Waals surface area contributed by atoms with Gasteiger partial charge in [0.2, 0.25) is 0 Å². The summed E-state index contributed by atoms with van der Waals surface area (Å²) in [5.74, 6) is -1.20. The van der Waals surface area contributed by atoms with Gasteiger partial charge in [0.05, 0.1) is 13.0 Å². The second-order valence-electron chi connectivity index (χ2n) is 7.25. The molecule has 0 amide bonds. The first kappa shape index (κ1) is 19.4. The van der Waals surface area contributed by atoms with E-state index < -0.39 is 11.9 Å². The zero-order valence-electron chi connectivity index (χ0n) is 16.1. The molecule has 0 spiro atoms. The van der Waals surface area contributed by atoms with Gasteiger partial charge in [-0.2, -0.15) is 0 Å². The van der Waals surface area contributed by atoms with Crippen LogP contribution < -0.4 is 9.47 Å². The van der Waals surface area contributed by atoms with Gasteiger partial charge in [-0.3, -0.25) is 19.3 Å². The Balaban J connectivity index is 1.99. The maximum Gasteiger partial charge on any atom is 0.310 e. The zero-order chi connectivity index (χ0) is 19.7. The summed E-state index contributed by atoms with van der Waals surface area (Å²) in [5.41, 5.74) is 0.877. The lowest BCUT2D eigenvalue weighted by Gasteiger charge is -2.41. The van der Waals surface area contributed by atoms with Gasteiger partial charge in [-0.25, -0.2) is 0 Å². The number of fused-ring (bicyclic) bond motifs is 2. The summed E-state index contributed by atoms with van der Waals surface area (Å²) in [6.07, 6.45) is 2.83. The number of ether oxygens (including phenoxy) is 3. The Hall–Kier alpha value is -2.41. The molecule has 0 N–H and O–H groups in total. The Morgan fingerprint density at radius 3 is 2.33 bits per heavy atom. The molecule has 4 unspecified atom stereocenters. The molecule has 3 rings (SSSR count). The van der Waals surface area contributed by atoms with Gasteiger partial charge in [0.25, 0.3) is 0 Å². The van der Waals surface area contributed by atoms with Gasteiger partial charge < -0.3 is 14.2 Å². The third-order valence-corrected chi connectivity index (χ3v) is 5.65. The average Bonchev–Trinajstić information content (AvgIpc) is 2.84. The molecule has 2 heterocycles. The highest BCUT2D eigenvalue weighted by Gasteiger charge is 2.49. The Bertz CT molecular complexity index is 761. The van der Waals surface area contributed by atoms with E-state index >= 15 is 0 Å². The van der Waals surface area contributed by atoms with Crippen LogP contribution in [0.2, 0.25) is 0 Å². The molecular formula is C20H25NO6. The predicted octanol–water partition coefficient (Wildman–Crippen LogP) is 2.28. The number of hydrogen-bond acceptors (Lipinski definition) is 7. The lowest BCUT2D eigenvalue weighted by molar-refractivity contribution is -0.150. The average molecular weight is 375 g/mol. The first-order chi connectivity index (χ1) is 12.8. The van der Waals surface area contributed by atoms with Gasteiger partial charge in [-0.1, -0.05) is 6.07 Å². The minimum Gasteiger partial charge on any atom is -0.469 e. The van der Waals surface area contributed by atoms with Crippen molar-refractivity contribution >= 4 is 17.9 Å². The molecule has 0 aromatic heterocycles. The van der Waals surface area contributed by atoms with Crippen molar-refractivity contribution in [1.29, 1.82) is 0 Å². The van der Waals surface area contributed by atoms with Crippen LogP contribution in [-0.2, 0) is 19.1 Å². The van der Waals surface area contributed by atoms with Gasteiger partial charge in [-0.15, -0.1) is 0 Å². The lowest BCUT2D eigenvalue weighted by atomic mass is 9.76. The van der Waals surface area contributed by atoms with Crippen LogP contribution in [0.15, 0.2) is 18.2 Å². The molecule has 1 aromatic carbocycles. The molecule has 146 valence electrons. The normalized spacial score (nSPS) is 27.1. The van der Waals surface area contributed by atoms with Crippen molar-refractivity contribution in [2.24, 2.45) is 5.92 Å². The van der Waals surface area contributed by atoms with E-state index in [1.165, 1.54) is 21.0 Å². The second kappa shape index (κ2) is 7.68. The Morgan fingerprint density at radius 2 is 1.70 bits per heavy atom.